The Hall–Kier alpha value is -3.26. The van der Waals surface area contributed by atoms with E-state index in [-0.39, 0.29) is 37.0 Å². The van der Waals surface area contributed by atoms with Crippen molar-refractivity contribution in [3.05, 3.63) is 59.9 Å². The van der Waals surface area contributed by atoms with Gasteiger partial charge in [-0.1, -0.05) is 57.1 Å². The number of ketones is 1. The summed E-state index contributed by atoms with van der Waals surface area (Å²) in [4.78, 5) is 32.6. The van der Waals surface area contributed by atoms with Gasteiger partial charge in [0.1, 0.15) is 11.7 Å². The fourth-order valence-electron chi connectivity index (χ4n) is 4.86. The number of amides is 1. The number of aryl methyl sites for hydroxylation is 1. The van der Waals surface area contributed by atoms with Gasteiger partial charge in [0, 0.05) is 31.0 Å². The van der Waals surface area contributed by atoms with Gasteiger partial charge < -0.3 is 18.9 Å². The number of aromatic nitrogens is 2. The lowest BCUT2D eigenvalue weighted by molar-refractivity contribution is -0.141. The lowest BCUT2D eigenvalue weighted by atomic mass is 9.78. The molecule has 1 aliphatic rings. The summed E-state index contributed by atoms with van der Waals surface area (Å²) in [5, 5.41) is 14.4. The van der Waals surface area contributed by atoms with Gasteiger partial charge in [-0.15, -0.1) is 0 Å². The number of carbonyl (C=O) groups is 2. The predicted octanol–water partition coefficient (Wildman–Crippen LogP) is 4.49. The van der Waals surface area contributed by atoms with E-state index >= 15 is 0 Å². The molecule has 3 aromatic rings. The third kappa shape index (κ3) is 5.37. The molecule has 0 spiro atoms. The number of benzene rings is 1. The van der Waals surface area contributed by atoms with E-state index < -0.39 is 23.5 Å². The molecule has 1 N–H and O–H groups in total. The molecule has 1 fully saturated rings. The molecule has 4 rings (SSSR count). The fourth-order valence-corrected chi connectivity index (χ4v) is 4.86. The summed E-state index contributed by atoms with van der Waals surface area (Å²) in [6, 6.07) is 8.94. The number of nitrogens with zero attached hydrogens (tertiary/aromatic N) is 3. The van der Waals surface area contributed by atoms with Crippen LogP contribution in [0.1, 0.15) is 69.4 Å². The summed E-state index contributed by atoms with van der Waals surface area (Å²) < 4.78 is 10.8. The Balaban J connectivity index is 1.49. The summed E-state index contributed by atoms with van der Waals surface area (Å²) in [6.07, 6.45) is 2.82. The van der Waals surface area contributed by atoms with E-state index in [9.17, 15) is 14.7 Å². The molecule has 35 heavy (non-hydrogen) atoms. The zero-order valence-electron chi connectivity index (χ0n) is 20.9. The van der Waals surface area contributed by atoms with E-state index in [0.717, 1.165) is 11.1 Å². The van der Waals surface area contributed by atoms with Crippen molar-refractivity contribution in [2.24, 2.45) is 5.41 Å². The number of aliphatic hydroxyl groups is 1. The molecule has 0 bridgehead atoms. The number of aliphatic hydroxyl groups excluding tert-OH is 1. The van der Waals surface area contributed by atoms with Crippen LogP contribution in [0, 0.1) is 12.3 Å². The van der Waals surface area contributed by atoms with Gasteiger partial charge in [0.05, 0.1) is 24.0 Å². The van der Waals surface area contributed by atoms with E-state index in [1.807, 2.05) is 58.9 Å². The maximum absolute atomic E-state index is 13.7. The summed E-state index contributed by atoms with van der Waals surface area (Å²) in [7, 11) is 0. The quantitative estimate of drug-likeness (QED) is 0.531. The van der Waals surface area contributed by atoms with Crippen LogP contribution in [0.15, 0.2) is 51.9 Å². The number of hydrogen-bond donors (Lipinski definition) is 1. The Bertz CT molecular complexity index is 1160. The molecule has 0 aliphatic carbocycles. The van der Waals surface area contributed by atoms with Gasteiger partial charge in [-0.25, -0.2) is 4.98 Å². The maximum Gasteiger partial charge on any atom is 0.234 e. The Morgan fingerprint density at radius 3 is 2.51 bits per heavy atom. The number of rotatable bonds is 7. The fraction of sp³-hybridized carbons (Fsp3) is 0.481. The number of oxazole rings is 1. The number of β-amino-alcohol motifs (C(OH)–C–C–N with tert-alkyl or cyclic N) is 1. The Morgan fingerprint density at radius 2 is 1.94 bits per heavy atom. The highest BCUT2D eigenvalue weighted by Crippen LogP contribution is 2.39. The second-order valence-corrected chi connectivity index (χ2v) is 10.6. The minimum atomic E-state index is -0.735. The highest BCUT2D eigenvalue weighted by molar-refractivity contribution is 5.92. The number of Topliss-reactive ketones (excluding diaryl/α,β-unsaturated/α-hetero) is 1. The van der Waals surface area contributed by atoms with Crippen LogP contribution in [0.4, 0.5) is 0 Å². The molecule has 2 aromatic heterocycles. The van der Waals surface area contributed by atoms with Gasteiger partial charge in [0.2, 0.25) is 5.91 Å². The van der Waals surface area contributed by atoms with Gasteiger partial charge >= 0.3 is 0 Å². The van der Waals surface area contributed by atoms with Crippen molar-refractivity contribution in [1.29, 1.82) is 0 Å². The third-order valence-corrected chi connectivity index (χ3v) is 6.68. The molecule has 8 nitrogen and oxygen atoms in total. The molecule has 8 heteroatoms. The van der Waals surface area contributed by atoms with Crippen LogP contribution in [0.2, 0.25) is 0 Å². The van der Waals surface area contributed by atoms with Gasteiger partial charge in [0.25, 0.3) is 0 Å². The third-order valence-electron chi connectivity index (χ3n) is 6.68. The van der Waals surface area contributed by atoms with Crippen molar-refractivity contribution in [2.75, 3.05) is 6.54 Å². The van der Waals surface area contributed by atoms with Crippen LogP contribution in [0.25, 0.3) is 11.3 Å². The molecule has 1 saturated heterocycles. The van der Waals surface area contributed by atoms with Crippen LogP contribution in [-0.2, 0) is 9.59 Å². The highest BCUT2D eigenvalue weighted by Gasteiger charge is 2.45. The second kappa shape index (κ2) is 9.77. The molecule has 4 atom stereocenters. The SMILES string of the molecule is Cc1cc([C@H](C(=O)N2C[C@H](O)C[C@H]2C(=O)C[C@@H](C)c2ccc(-c3cnco3)cc2)C(C)(C)C)on1. The standard InChI is InChI=1S/C27H33N3O5/c1-16(18-6-8-19(9-7-18)24-13-28-15-34-24)10-22(32)21-12-20(31)14-30(21)26(33)25(27(3,4)5)23-11-17(2)29-35-23/h6-9,11,13,15-16,20-21,25,31H,10,12,14H2,1-5H3/t16-,20-,21+,25-/m1/s1. The first-order valence-corrected chi connectivity index (χ1v) is 12.0. The molecule has 1 aliphatic heterocycles. The normalized spacial score (nSPS) is 20.1. The largest absolute Gasteiger partial charge is 0.444 e. The monoisotopic (exact) mass is 479 g/mol. The molecule has 0 saturated carbocycles. The van der Waals surface area contributed by atoms with Crippen molar-refractivity contribution >= 4 is 11.7 Å². The van der Waals surface area contributed by atoms with Gasteiger partial charge in [-0.2, -0.15) is 0 Å². The molecule has 186 valence electrons. The van der Waals surface area contributed by atoms with E-state index in [4.69, 9.17) is 8.94 Å². The Morgan fingerprint density at radius 1 is 1.23 bits per heavy atom. The first-order valence-electron chi connectivity index (χ1n) is 12.0. The zero-order valence-corrected chi connectivity index (χ0v) is 20.9. The average Bonchev–Trinajstić information content (AvgIpc) is 3.54. The van der Waals surface area contributed by atoms with E-state index in [1.165, 1.54) is 6.39 Å². The van der Waals surface area contributed by atoms with Crippen LogP contribution in [0.3, 0.4) is 0 Å². The van der Waals surface area contributed by atoms with Crippen LogP contribution in [0.5, 0.6) is 0 Å². The number of likely N-dealkylation sites (tertiary alicyclic amines) is 1. The van der Waals surface area contributed by atoms with Crippen molar-refractivity contribution < 1.29 is 23.6 Å². The number of carbonyl (C=O) groups excluding carboxylic acids is 2. The van der Waals surface area contributed by atoms with Crippen molar-refractivity contribution in [1.82, 2.24) is 15.0 Å². The first kappa shape index (κ1) is 24.9. The first-order chi connectivity index (χ1) is 16.5. The van der Waals surface area contributed by atoms with Crippen molar-refractivity contribution in [3.8, 4) is 11.3 Å². The minimum absolute atomic E-state index is 0.0451. The predicted molar refractivity (Wildman–Crippen MR) is 130 cm³/mol. The summed E-state index contributed by atoms with van der Waals surface area (Å²) in [6.45, 7) is 9.82. The van der Waals surface area contributed by atoms with Gasteiger partial charge in [-0.3, -0.25) is 9.59 Å². The Kier molecular flexibility index (Phi) is 6.94. The van der Waals surface area contributed by atoms with Crippen LogP contribution < -0.4 is 0 Å². The summed E-state index contributed by atoms with van der Waals surface area (Å²) in [5.74, 6) is 0.245. The van der Waals surface area contributed by atoms with Crippen molar-refractivity contribution in [3.63, 3.8) is 0 Å². The van der Waals surface area contributed by atoms with E-state index in [2.05, 4.69) is 10.1 Å². The smallest absolute Gasteiger partial charge is 0.234 e. The topological polar surface area (TPSA) is 110 Å². The molecule has 1 amide bonds. The highest BCUT2D eigenvalue weighted by atomic mass is 16.5. The van der Waals surface area contributed by atoms with E-state index in [1.54, 1.807) is 17.2 Å². The van der Waals surface area contributed by atoms with Gasteiger partial charge in [-0.05, 0) is 23.8 Å². The summed E-state index contributed by atoms with van der Waals surface area (Å²) >= 11 is 0. The van der Waals surface area contributed by atoms with Crippen LogP contribution >= 0.6 is 0 Å². The molecule has 1 aromatic carbocycles. The molecular weight excluding hydrogens is 446 g/mol. The zero-order chi connectivity index (χ0) is 25.3. The minimum Gasteiger partial charge on any atom is -0.444 e. The van der Waals surface area contributed by atoms with Crippen molar-refractivity contribution in [2.45, 2.75) is 71.4 Å². The van der Waals surface area contributed by atoms with E-state index in [0.29, 0.717) is 17.2 Å². The lowest BCUT2D eigenvalue weighted by Crippen LogP contribution is -2.46. The lowest BCUT2D eigenvalue weighted by Gasteiger charge is -2.33. The van der Waals surface area contributed by atoms with Gasteiger partial charge in [0.15, 0.2) is 17.9 Å². The average molecular weight is 480 g/mol. The Labute approximate surface area is 205 Å². The van der Waals surface area contributed by atoms with Crippen LogP contribution in [-0.4, -0.2) is 50.5 Å². The molecular formula is C27H33N3O5. The summed E-state index contributed by atoms with van der Waals surface area (Å²) in [5.41, 5.74) is 2.17. The molecule has 3 heterocycles. The molecule has 0 radical (unpaired) electrons. The number of hydrogen-bond acceptors (Lipinski definition) is 7. The maximum atomic E-state index is 13.7. The second-order valence-electron chi connectivity index (χ2n) is 10.6. The molecule has 0 unspecified atom stereocenters.